The van der Waals surface area contributed by atoms with E-state index in [1.165, 1.54) is 12.1 Å². The molecule has 0 bridgehead atoms. The number of imide groups is 1. The molecule has 1 aromatic rings. The standard InChI is InChI=1S/C15H15Cl2NO4/c1-7(2)13-14(19)18(15(20)22-13)11-6-12(21-8(3)4)10(17)5-9(11)16/h5-6,8H,1-4H3. The van der Waals surface area contributed by atoms with Gasteiger partial charge in [0.25, 0.3) is 0 Å². The van der Waals surface area contributed by atoms with Crippen LogP contribution >= 0.6 is 23.2 Å². The Kier molecular flexibility index (Phi) is 4.68. The summed E-state index contributed by atoms with van der Waals surface area (Å²) in [6.07, 6.45) is -0.929. The monoisotopic (exact) mass is 343 g/mol. The lowest BCUT2D eigenvalue weighted by molar-refractivity contribution is -0.114. The van der Waals surface area contributed by atoms with Gasteiger partial charge >= 0.3 is 12.0 Å². The van der Waals surface area contributed by atoms with Crippen molar-refractivity contribution in [1.29, 1.82) is 0 Å². The van der Waals surface area contributed by atoms with E-state index >= 15 is 0 Å². The fraction of sp³-hybridized carbons (Fsp3) is 0.333. The fourth-order valence-electron chi connectivity index (χ4n) is 1.92. The molecule has 1 aliphatic rings. The van der Waals surface area contributed by atoms with Gasteiger partial charge in [-0.3, -0.25) is 4.79 Å². The molecule has 7 heteroatoms. The molecular weight excluding hydrogens is 329 g/mol. The molecule has 1 aromatic carbocycles. The van der Waals surface area contributed by atoms with Crippen molar-refractivity contribution in [2.45, 2.75) is 33.8 Å². The van der Waals surface area contributed by atoms with Crippen LogP contribution in [0, 0.1) is 0 Å². The Morgan fingerprint density at radius 1 is 1.18 bits per heavy atom. The first kappa shape index (κ1) is 16.6. The molecule has 0 radical (unpaired) electrons. The topological polar surface area (TPSA) is 55.8 Å². The summed E-state index contributed by atoms with van der Waals surface area (Å²) in [7, 11) is 0. The molecule has 0 unspecified atom stereocenters. The second kappa shape index (κ2) is 6.18. The quantitative estimate of drug-likeness (QED) is 0.755. The minimum atomic E-state index is -0.805. The molecule has 0 N–H and O–H groups in total. The molecule has 2 amide bonds. The van der Waals surface area contributed by atoms with Crippen LogP contribution < -0.4 is 9.64 Å². The number of benzene rings is 1. The van der Waals surface area contributed by atoms with E-state index in [2.05, 4.69) is 0 Å². The third-order valence-corrected chi connectivity index (χ3v) is 3.43. The minimum absolute atomic E-state index is 0.00217. The van der Waals surface area contributed by atoms with E-state index in [9.17, 15) is 9.59 Å². The number of hydrogen-bond donors (Lipinski definition) is 0. The van der Waals surface area contributed by atoms with Gasteiger partial charge < -0.3 is 9.47 Å². The Morgan fingerprint density at radius 2 is 1.82 bits per heavy atom. The number of amides is 2. The number of hydrogen-bond acceptors (Lipinski definition) is 4. The zero-order chi connectivity index (χ0) is 16.6. The van der Waals surface area contributed by atoms with Gasteiger partial charge in [0, 0.05) is 6.07 Å². The fourth-order valence-corrected chi connectivity index (χ4v) is 2.43. The van der Waals surface area contributed by atoms with Crippen molar-refractivity contribution in [2.24, 2.45) is 0 Å². The first-order valence-electron chi connectivity index (χ1n) is 6.61. The van der Waals surface area contributed by atoms with Crippen LogP contribution in [-0.4, -0.2) is 18.1 Å². The molecule has 5 nitrogen and oxygen atoms in total. The number of carbonyl (C=O) groups excluding carboxylic acids is 2. The van der Waals surface area contributed by atoms with Crippen LogP contribution in [0.15, 0.2) is 23.5 Å². The Balaban J connectivity index is 2.51. The summed E-state index contributed by atoms with van der Waals surface area (Å²) in [5.41, 5.74) is 0.776. The predicted molar refractivity (Wildman–Crippen MR) is 84.6 cm³/mol. The van der Waals surface area contributed by atoms with Gasteiger partial charge in [0.05, 0.1) is 21.8 Å². The van der Waals surface area contributed by atoms with Crippen LogP contribution in [0.4, 0.5) is 10.5 Å². The first-order valence-corrected chi connectivity index (χ1v) is 7.37. The zero-order valence-corrected chi connectivity index (χ0v) is 14.1. The maximum Gasteiger partial charge on any atom is 0.427 e. The Hall–Kier alpha value is -1.72. The molecular formula is C15H15Cl2NO4. The SMILES string of the molecule is CC(C)=C1OC(=O)N(c2cc(OC(C)C)c(Cl)cc2Cl)C1=O. The van der Waals surface area contributed by atoms with E-state index < -0.39 is 12.0 Å². The van der Waals surface area contributed by atoms with Gasteiger partial charge in [-0.25, -0.2) is 9.69 Å². The number of carbonyl (C=O) groups is 2. The summed E-state index contributed by atoms with van der Waals surface area (Å²) >= 11 is 12.2. The van der Waals surface area contributed by atoms with Gasteiger partial charge in [-0.05, 0) is 39.3 Å². The number of anilines is 1. The predicted octanol–water partition coefficient (Wildman–Crippen LogP) is 4.56. The molecule has 1 fully saturated rings. The van der Waals surface area contributed by atoms with Crippen LogP contribution in [0.1, 0.15) is 27.7 Å². The van der Waals surface area contributed by atoms with E-state index in [1.807, 2.05) is 13.8 Å². The van der Waals surface area contributed by atoms with Gasteiger partial charge in [-0.15, -0.1) is 0 Å². The molecule has 0 aromatic heterocycles. The van der Waals surface area contributed by atoms with E-state index in [0.29, 0.717) is 16.3 Å². The number of ether oxygens (including phenoxy) is 2. The van der Waals surface area contributed by atoms with Crippen molar-refractivity contribution in [1.82, 2.24) is 0 Å². The van der Waals surface area contributed by atoms with Gasteiger partial charge in [0.15, 0.2) is 5.76 Å². The van der Waals surface area contributed by atoms with Gasteiger partial charge in [0.1, 0.15) is 5.75 Å². The van der Waals surface area contributed by atoms with Crippen LogP contribution in [0.2, 0.25) is 10.0 Å². The Morgan fingerprint density at radius 3 is 2.32 bits per heavy atom. The van der Waals surface area contributed by atoms with Crippen molar-refractivity contribution >= 4 is 40.9 Å². The highest BCUT2D eigenvalue weighted by Gasteiger charge is 2.39. The zero-order valence-electron chi connectivity index (χ0n) is 12.6. The van der Waals surface area contributed by atoms with Crippen LogP contribution in [0.3, 0.4) is 0 Å². The van der Waals surface area contributed by atoms with Gasteiger partial charge in [0.2, 0.25) is 0 Å². The van der Waals surface area contributed by atoms with E-state index in [1.54, 1.807) is 13.8 Å². The van der Waals surface area contributed by atoms with Crippen molar-refractivity contribution in [3.05, 3.63) is 33.5 Å². The number of nitrogens with zero attached hydrogens (tertiary/aromatic N) is 1. The Labute approximate surface area is 138 Å². The molecule has 22 heavy (non-hydrogen) atoms. The third-order valence-electron chi connectivity index (χ3n) is 2.83. The van der Waals surface area contributed by atoms with E-state index in [0.717, 1.165) is 4.90 Å². The normalized spacial score (nSPS) is 14.7. The summed E-state index contributed by atoms with van der Waals surface area (Å²) in [4.78, 5) is 25.2. The lowest BCUT2D eigenvalue weighted by atomic mass is 10.2. The highest BCUT2D eigenvalue weighted by atomic mass is 35.5. The lowest BCUT2D eigenvalue weighted by Gasteiger charge is -2.17. The molecule has 0 aliphatic carbocycles. The molecule has 0 atom stereocenters. The lowest BCUT2D eigenvalue weighted by Crippen LogP contribution is -2.28. The highest BCUT2D eigenvalue weighted by molar-refractivity contribution is 6.39. The second-order valence-corrected chi connectivity index (χ2v) is 6.05. The molecule has 0 spiro atoms. The largest absolute Gasteiger partial charge is 0.489 e. The highest BCUT2D eigenvalue weighted by Crippen LogP contribution is 2.39. The molecule has 0 saturated carbocycles. The van der Waals surface area contributed by atoms with E-state index in [-0.39, 0.29) is 22.6 Å². The maximum atomic E-state index is 12.3. The number of rotatable bonds is 3. The molecule has 118 valence electrons. The smallest absolute Gasteiger partial charge is 0.427 e. The van der Waals surface area contributed by atoms with E-state index in [4.69, 9.17) is 32.7 Å². The first-order chi connectivity index (χ1) is 10.2. The molecule has 2 rings (SSSR count). The van der Waals surface area contributed by atoms with Crippen LogP contribution in [0.5, 0.6) is 5.75 Å². The van der Waals surface area contributed by atoms with Crippen molar-refractivity contribution in [2.75, 3.05) is 4.90 Å². The summed E-state index contributed by atoms with van der Waals surface area (Å²) in [6.45, 7) is 7.03. The second-order valence-electron chi connectivity index (χ2n) is 5.24. The average molecular weight is 344 g/mol. The third kappa shape index (κ3) is 3.05. The molecule has 1 aliphatic heterocycles. The summed E-state index contributed by atoms with van der Waals surface area (Å²) in [5, 5.41) is 0.450. The summed E-state index contributed by atoms with van der Waals surface area (Å²) in [5.74, 6) is -0.227. The minimum Gasteiger partial charge on any atom is -0.489 e. The number of cyclic esters (lactones) is 1. The van der Waals surface area contributed by atoms with Gasteiger partial charge in [-0.1, -0.05) is 23.2 Å². The average Bonchev–Trinajstić information content (AvgIpc) is 2.68. The van der Waals surface area contributed by atoms with Crippen LogP contribution in [0.25, 0.3) is 0 Å². The van der Waals surface area contributed by atoms with Crippen LogP contribution in [-0.2, 0) is 9.53 Å². The maximum absolute atomic E-state index is 12.3. The van der Waals surface area contributed by atoms with Crippen molar-refractivity contribution in [3.8, 4) is 5.75 Å². The number of allylic oxidation sites excluding steroid dienone is 1. The summed E-state index contributed by atoms with van der Waals surface area (Å²) in [6, 6.07) is 2.88. The van der Waals surface area contributed by atoms with Gasteiger partial charge in [-0.2, -0.15) is 0 Å². The summed E-state index contributed by atoms with van der Waals surface area (Å²) < 4.78 is 10.5. The Bertz CT molecular complexity index is 678. The van der Waals surface area contributed by atoms with Crippen molar-refractivity contribution < 1.29 is 19.1 Å². The van der Waals surface area contributed by atoms with Crippen molar-refractivity contribution in [3.63, 3.8) is 0 Å². The molecule has 1 saturated heterocycles. The molecule has 1 heterocycles. The number of halogens is 2.